The van der Waals surface area contributed by atoms with Crippen LogP contribution in [-0.4, -0.2) is 77.6 Å². The lowest BCUT2D eigenvalue weighted by Gasteiger charge is -2.20. The first kappa shape index (κ1) is 17.4. The summed E-state index contributed by atoms with van der Waals surface area (Å²) >= 11 is 0. The summed E-state index contributed by atoms with van der Waals surface area (Å²) in [6.07, 6.45) is 6.57. The minimum Gasteiger partial charge on any atom is -0.347 e. The van der Waals surface area contributed by atoms with Gasteiger partial charge in [0.05, 0.1) is 0 Å². The van der Waals surface area contributed by atoms with Crippen LogP contribution in [0.4, 0.5) is 5.95 Å². The summed E-state index contributed by atoms with van der Waals surface area (Å²) in [4.78, 5) is 27.6. The number of rotatable bonds is 4. The smallest absolute Gasteiger partial charge is 0.270 e. The standard InChI is InChI=1S/C18H26N6O/c1-21(2)15-6-7-24(12-15)17(25)16-8-13(11-23(16)5)14-9-19-18(20-10-14)22(3)4/h8-11,15H,6-7,12H2,1-5H3. The lowest BCUT2D eigenvalue weighted by atomic mass is 10.2. The van der Waals surface area contributed by atoms with Crippen molar-refractivity contribution in [2.24, 2.45) is 7.05 Å². The Hall–Kier alpha value is -2.41. The van der Waals surface area contributed by atoms with Gasteiger partial charge in [0, 0.05) is 70.0 Å². The third-order valence-corrected chi connectivity index (χ3v) is 4.78. The molecule has 1 atom stereocenters. The maximum Gasteiger partial charge on any atom is 0.270 e. The average molecular weight is 342 g/mol. The summed E-state index contributed by atoms with van der Waals surface area (Å²) in [5, 5.41) is 0. The summed E-state index contributed by atoms with van der Waals surface area (Å²) in [7, 11) is 9.86. The van der Waals surface area contributed by atoms with Crippen LogP contribution in [0.2, 0.25) is 0 Å². The van der Waals surface area contributed by atoms with Crippen LogP contribution < -0.4 is 4.90 Å². The minimum absolute atomic E-state index is 0.0870. The first-order valence-corrected chi connectivity index (χ1v) is 8.48. The molecule has 2 aromatic heterocycles. The molecule has 0 saturated carbocycles. The highest BCUT2D eigenvalue weighted by Crippen LogP contribution is 2.23. The Balaban J connectivity index is 1.79. The number of anilines is 1. The van der Waals surface area contributed by atoms with E-state index < -0.39 is 0 Å². The van der Waals surface area contributed by atoms with Crippen molar-refractivity contribution in [2.45, 2.75) is 12.5 Å². The van der Waals surface area contributed by atoms with Crippen LogP contribution in [0.1, 0.15) is 16.9 Å². The third kappa shape index (κ3) is 3.51. The van der Waals surface area contributed by atoms with E-state index in [4.69, 9.17) is 0 Å². The molecule has 1 saturated heterocycles. The summed E-state index contributed by atoms with van der Waals surface area (Å²) in [5.74, 6) is 0.756. The van der Waals surface area contributed by atoms with Crippen LogP contribution in [0, 0.1) is 0 Å². The molecule has 134 valence electrons. The number of likely N-dealkylation sites (tertiary alicyclic amines) is 1. The Labute approximate surface area is 148 Å². The van der Waals surface area contributed by atoms with Crippen molar-refractivity contribution in [1.82, 2.24) is 24.3 Å². The molecule has 0 bridgehead atoms. The zero-order chi connectivity index (χ0) is 18.1. The molecule has 25 heavy (non-hydrogen) atoms. The van der Waals surface area contributed by atoms with Crippen molar-refractivity contribution in [3.8, 4) is 11.1 Å². The van der Waals surface area contributed by atoms with E-state index >= 15 is 0 Å². The predicted molar refractivity (Wildman–Crippen MR) is 98.8 cm³/mol. The van der Waals surface area contributed by atoms with Gasteiger partial charge in [-0.3, -0.25) is 4.79 Å². The van der Waals surface area contributed by atoms with E-state index in [2.05, 4.69) is 29.0 Å². The number of nitrogens with zero attached hydrogens (tertiary/aromatic N) is 6. The number of aryl methyl sites for hydroxylation is 1. The largest absolute Gasteiger partial charge is 0.347 e. The first-order chi connectivity index (χ1) is 11.9. The summed E-state index contributed by atoms with van der Waals surface area (Å²) in [6, 6.07) is 2.37. The second-order valence-electron chi connectivity index (χ2n) is 7.05. The molecule has 7 heteroatoms. The highest BCUT2D eigenvalue weighted by molar-refractivity contribution is 5.94. The van der Waals surface area contributed by atoms with Crippen molar-refractivity contribution in [2.75, 3.05) is 46.2 Å². The zero-order valence-corrected chi connectivity index (χ0v) is 15.6. The number of aromatic nitrogens is 3. The molecule has 0 aliphatic carbocycles. The number of amides is 1. The van der Waals surface area contributed by atoms with Gasteiger partial charge in [-0.15, -0.1) is 0 Å². The van der Waals surface area contributed by atoms with Gasteiger partial charge in [0.15, 0.2) is 0 Å². The molecule has 0 N–H and O–H groups in total. The number of hydrogen-bond donors (Lipinski definition) is 0. The van der Waals surface area contributed by atoms with Crippen LogP contribution >= 0.6 is 0 Å². The highest BCUT2D eigenvalue weighted by Gasteiger charge is 2.29. The zero-order valence-electron chi connectivity index (χ0n) is 15.6. The third-order valence-electron chi connectivity index (χ3n) is 4.78. The van der Waals surface area contributed by atoms with Crippen LogP contribution in [0.3, 0.4) is 0 Å². The van der Waals surface area contributed by atoms with Gasteiger partial charge in [-0.1, -0.05) is 0 Å². The van der Waals surface area contributed by atoms with E-state index in [-0.39, 0.29) is 5.91 Å². The predicted octanol–water partition coefficient (Wildman–Crippen LogP) is 1.32. The lowest BCUT2D eigenvalue weighted by Crippen LogP contribution is -2.35. The number of likely N-dealkylation sites (N-methyl/N-ethyl adjacent to an activating group) is 1. The molecular formula is C18H26N6O. The molecule has 1 aliphatic rings. The van der Waals surface area contributed by atoms with Gasteiger partial charge in [0.25, 0.3) is 5.91 Å². The Bertz CT molecular complexity index is 749. The second-order valence-corrected chi connectivity index (χ2v) is 7.05. The van der Waals surface area contributed by atoms with E-state index in [1.54, 1.807) is 12.4 Å². The van der Waals surface area contributed by atoms with E-state index in [0.717, 1.165) is 30.6 Å². The molecule has 7 nitrogen and oxygen atoms in total. The SMILES string of the molecule is CN(C)c1ncc(-c2cc(C(=O)N3CCC(N(C)C)C3)n(C)c2)cn1. The average Bonchev–Trinajstić information content (AvgIpc) is 3.21. The molecule has 3 rings (SSSR count). The molecule has 0 aromatic carbocycles. The van der Waals surface area contributed by atoms with Gasteiger partial charge in [-0.2, -0.15) is 0 Å². The van der Waals surface area contributed by atoms with E-state index in [0.29, 0.717) is 17.7 Å². The summed E-state index contributed by atoms with van der Waals surface area (Å²) in [6.45, 7) is 1.59. The van der Waals surface area contributed by atoms with Crippen molar-refractivity contribution in [3.05, 3.63) is 30.4 Å². The summed E-state index contributed by atoms with van der Waals surface area (Å²) in [5.41, 5.74) is 2.57. The molecule has 1 amide bonds. The topological polar surface area (TPSA) is 57.5 Å². The quantitative estimate of drug-likeness (QED) is 0.839. The van der Waals surface area contributed by atoms with Crippen LogP contribution in [0.25, 0.3) is 11.1 Å². The monoisotopic (exact) mass is 342 g/mol. The van der Waals surface area contributed by atoms with E-state index in [1.807, 2.05) is 47.8 Å². The Kier molecular flexibility index (Phi) is 4.76. The lowest BCUT2D eigenvalue weighted by molar-refractivity contribution is 0.0773. The van der Waals surface area contributed by atoms with Crippen molar-refractivity contribution in [1.29, 1.82) is 0 Å². The van der Waals surface area contributed by atoms with Gasteiger partial charge in [0.1, 0.15) is 5.69 Å². The molecule has 0 radical (unpaired) electrons. The van der Waals surface area contributed by atoms with Crippen LogP contribution in [0.5, 0.6) is 0 Å². The molecule has 1 aliphatic heterocycles. The molecule has 1 unspecified atom stereocenters. The fourth-order valence-corrected chi connectivity index (χ4v) is 3.15. The van der Waals surface area contributed by atoms with Gasteiger partial charge in [-0.05, 0) is 26.6 Å². The molecule has 2 aromatic rings. The summed E-state index contributed by atoms with van der Waals surface area (Å²) < 4.78 is 1.89. The van der Waals surface area contributed by atoms with E-state index in [1.165, 1.54) is 0 Å². The number of carbonyl (C=O) groups is 1. The highest BCUT2D eigenvalue weighted by atomic mass is 16.2. The number of hydrogen-bond acceptors (Lipinski definition) is 5. The molecular weight excluding hydrogens is 316 g/mol. The van der Waals surface area contributed by atoms with Crippen LogP contribution in [-0.2, 0) is 7.05 Å². The number of carbonyl (C=O) groups excluding carboxylic acids is 1. The maximum absolute atomic E-state index is 12.9. The van der Waals surface area contributed by atoms with Gasteiger partial charge < -0.3 is 19.3 Å². The van der Waals surface area contributed by atoms with Gasteiger partial charge >= 0.3 is 0 Å². The van der Waals surface area contributed by atoms with Crippen molar-refractivity contribution in [3.63, 3.8) is 0 Å². The second kappa shape index (κ2) is 6.84. The fourth-order valence-electron chi connectivity index (χ4n) is 3.15. The molecule has 0 spiro atoms. The van der Waals surface area contributed by atoms with Crippen molar-refractivity contribution < 1.29 is 4.79 Å². The normalized spacial score (nSPS) is 17.4. The van der Waals surface area contributed by atoms with E-state index in [9.17, 15) is 4.79 Å². The Morgan fingerprint density at radius 3 is 2.40 bits per heavy atom. The Morgan fingerprint density at radius 1 is 1.16 bits per heavy atom. The Morgan fingerprint density at radius 2 is 1.84 bits per heavy atom. The van der Waals surface area contributed by atoms with Gasteiger partial charge in [0.2, 0.25) is 5.95 Å². The fraction of sp³-hybridized carbons (Fsp3) is 0.500. The van der Waals surface area contributed by atoms with Crippen LogP contribution in [0.15, 0.2) is 24.7 Å². The first-order valence-electron chi connectivity index (χ1n) is 8.48. The molecule has 3 heterocycles. The van der Waals surface area contributed by atoms with Crippen molar-refractivity contribution >= 4 is 11.9 Å². The maximum atomic E-state index is 12.9. The molecule has 1 fully saturated rings. The van der Waals surface area contributed by atoms with Gasteiger partial charge in [-0.25, -0.2) is 9.97 Å². The minimum atomic E-state index is 0.0870.